The van der Waals surface area contributed by atoms with E-state index in [2.05, 4.69) is 70.5 Å². The molecule has 1 N–H and O–H groups in total. The minimum atomic E-state index is -0.315. The second-order valence-corrected chi connectivity index (χ2v) is 16.7. The van der Waals surface area contributed by atoms with Gasteiger partial charge in [0.1, 0.15) is 5.75 Å². The zero-order valence-electron chi connectivity index (χ0n) is 31.0. The predicted octanol–water partition coefficient (Wildman–Crippen LogP) is 5.72. The maximum absolute atomic E-state index is 13.6. The summed E-state index contributed by atoms with van der Waals surface area (Å²) in [5.74, 6) is 0.132. The van der Waals surface area contributed by atoms with E-state index >= 15 is 0 Å². The molecule has 0 unspecified atom stereocenters. The number of anilines is 1. The third-order valence-corrected chi connectivity index (χ3v) is 13.1. The number of carbonyl (C=O) groups is 4. The highest BCUT2D eigenvalue weighted by atomic mass is 16.3. The van der Waals surface area contributed by atoms with Gasteiger partial charge >= 0.3 is 0 Å². The summed E-state index contributed by atoms with van der Waals surface area (Å²) in [4.78, 5) is 58.6. The Balaban J connectivity index is 0.758. The van der Waals surface area contributed by atoms with Gasteiger partial charge < -0.3 is 14.9 Å². The average Bonchev–Trinajstić information content (AvgIpc) is 3.88. The third kappa shape index (κ3) is 5.89. The summed E-state index contributed by atoms with van der Waals surface area (Å²) in [6.45, 7) is 5.20. The number of hydrogen-bond donors (Lipinski definition) is 1. The average molecular weight is 736 g/mol. The van der Waals surface area contributed by atoms with Crippen LogP contribution in [0, 0.1) is 5.41 Å². The van der Waals surface area contributed by atoms with Gasteiger partial charge in [-0.15, -0.1) is 0 Å². The van der Waals surface area contributed by atoms with Gasteiger partial charge in [-0.1, -0.05) is 54.6 Å². The van der Waals surface area contributed by atoms with Crippen LogP contribution in [-0.4, -0.2) is 81.3 Å². The molecule has 10 nitrogen and oxygen atoms in total. The number of likely N-dealkylation sites (tertiary alicyclic amines) is 1. The number of amides is 4. The van der Waals surface area contributed by atoms with E-state index in [1.165, 1.54) is 33.0 Å². The van der Waals surface area contributed by atoms with Crippen molar-refractivity contribution in [3.8, 4) is 5.75 Å². The first-order chi connectivity index (χ1) is 26.7. The van der Waals surface area contributed by atoms with Crippen molar-refractivity contribution >= 4 is 29.3 Å². The number of phenolic OH excluding ortho intramolecular Hbond substituents is 1. The SMILES string of the molecule is O=C(CN1Cc2cc3c(cc2C1)C(=O)N(N1C(=O)CCCC1=O)C3)N1CCC2(C1)CN(c1ccc([C@@H]3c4ccc(O)cc4CC[C@@H]3c3ccccc3)cc1)C2. The van der Waals surface area contributed by atoms with Gasteiger partial charge in [0.25, 0.3) is 5.91 Å². The van der Waals surface area contributed by atoms with Gasteiger partial charge in [0.2, 0.25) is 17.7 Å². The van der Waals surface area contributed by atoms with Crippen LogP contribution >= 0.6 is 0 Å². The van der Waals surface area contributed by atoms with E-state index < -0.39 is 0 Å². The molecular weight excluding hydrogens is 691 g/mol. The van der Waals surface area contributed by atoms with E-state index in [9.17, 15) is 24.3 Å². The second kappa shape index (κ2) is 13.1. The zero-order valence-corrected chi connectivity index (χ0v) is 31.0. The molecule has 5 heterocycles. The van der Waals surface area contributed by atoms with E-state index in [0.29, 0.717) is 43.3 Å². The molecule has 1 spiro atoms. The highest BCUT2D eigenvalue weighted by Gasteiger charge is 2.49. The Labute approximate surface area is 320 Å². The first kappa shape index (κ1) is 34.0. The lowest BCUT2D eigenvalue weighted by molar-refractivity contribution is -0.163. The Kier molecular flexibility index (Phi) is 8.10. The molecule has 0 radical (unpaired) electrons. The number of phenols is 1. The molecule has 6 aliphatic rings. The first-order valence-electron chi connectivity index (χ1n) is 19.8. The highest BCUT2D eigenvalue weighted by molar-refractivity contribution is 6.04. The summed E-state index contributed by atoms with van der Waals surface area (Å²) in [7, 11) is 0. The Bertz CT molecular complexity index is 2220. The van der Waals surface area contributed by atoms with Gasteiger partial charge in [-0.25, -0.2) is 5.01 Å². The van der Waals surface area contributed by atoms with Crippen molar-refractivity contribution in [2.45, 2.75) is 70.0 Å². The van der Waals surface area contributed by atoms with Crippen LogP contribution in [0.3, 0.4) is 0 Å². The first-order valence-corrected chi connectivity index (χ1v) is 19.8. The zero-order chi connectivity index (χ0) is 37.4. The predicted molar refractivity (Wildman–Crippen MR) is 206 cm³/mol. The molecule has 10 rings (SSSR count). The van der Waals surface area contributed by atoms with Crippen LogP contribution in [-0.2, 0) is 40.4 Å². The van der Waals surface area contributed by atoms with Crippen molar-refractivity contribution in [3.05, 3.63) is 129 Å². The molecule has 1 aliphatic carbocycles. The third-order valence-electron chi connectivity index (χ3n) is 13.1. The fourth-order valence-electron chi connectivity index (χ4n) is 10.4. The normalized spacial score (nSPS) is 22.9. The molecule has 0 saturated carbocycles. The fraction of sp³-hybridized carbons (Fsp3) is 0.378. The molecule has 280 valence electrons. The molecule has 3 saturated heterocycles. The van der Waals surface area contributed by atoms with Crippen LogP contribution in [0.5, 0.6) is 5.75 Å². The molecule has 55 heavy (non-hydrogen) atoms. The molecular formula is C45H45N5O5. The van der Waals surface area contributed by atoms with Crippen LogP contribution in [0.4, 0.5) is 5.69 Å². The van der Waals surface area contributed by atoms with Crippen molar-refractivity contribution in [2.24, 2.45) is 5.41 Å². The Morgan fingerprint density at radius 3 is 2.25 bits per heavy atom. The molecule has 4 amide bonds. The van der Waals surface area contributed by atoms with Gasteiger partial charge in [0.15, 0.2) is 0 Å². The number of rotatable bonds is 6. The number of benzene rings is 4. The number of aryl methyl sites for hydroxylation is 1. The van der Waals surface area contributed by atoms with Crippen LogP contribution in [0.1, 0.15) is 93.2 Å². The Morgan fingerprint density at radius 2 is 1.49 bits per heavy atom. The molecule has 4 aromatic rings. The molecule has 0 bridgehead atoms. The van der Waals surface area contributed by atoms with Crippen molar-refractivity contribution in [3.63, 3.8) is 0 Å². The maximum atomic E-state index is 13.6. The summed E-state index contributed by atoms with van der Waals surface area (Å²) >= 11 is 0. The summed E-state index contributed by atoms with van der Waals surface area (Å²) in [5.41, 5.74) is 10.0. The molecule has 10 heteroatoms. The van der Waals surface area contributed by atoms with E-state index in [1.807, 2.05) is 29.2 Å². The smallest absolute Gasteiger partial charge is 0.273 e. The number of aromatic hydroxyl groups is 1. The van der Waals surface area contributed by atoms with Gasteiger partial charge in [-0.2, -0.15) is 5.01 Å². The minimum absolute atomic E-state index is 0.120. The van der Waals surface area contributed by atoms with Crippen LogP contribution in [0.15, 0.2) is 84.9 Å². The highest BCUT2D eigenvalue weighted by Crippen LogP contribution is 2.48. The van der Waals surface area contributed by atoms with E-state index in [4.69, 9.17) is 0 Å². The van der Waals surface area contributed by atoms with Crippen LogP contribution in [0.2, 0.25) is 0 Å². The number of hydrogen-bond acceptors (Lipinski definition) is 7. The molecule has 0 aromatic heterocycles. The lowest BCUT2D eigenvalue weighted by atomic mass is 9.69. The number of nitrogens with zero attached hydrogens (tertiary/aromatic N) is 5. The van der Waals surface area contributed by atoms with Gasteiger partial charge in [-0.3, -0.25) is 24.1 Å². The monoisotopic (exact) mass is 735 g/mol. The molecule has 5 aliphatic heterocycles. The number of carbonyl (C=O) groups excluding carboxylic acids is 4. The summed E-state index contributed by atoms with van der Waals surface area (Å²) in [5, 5.41) is 12.6. The largest absolute Gasteiger partial charge is 0.508 e. The molecule has 2 atom stereocenters. The molecule has 4 aromatic carbocycles. The lowest BCUT2D eigenvalue weighted by Gasteiger charge is -2.49. The van der Waals surface area contributed by atoms with Gasteiger partial charge in [0.05, 0.1) is 13.1 Å². The van der Waals surface area contributed by atoms with Gasteiger partial charge in [0, 0.05) is 74.7 Å². The summed E-state index contributed by atoms with van der Waals surface area (Å²) < 4.78 is 0. The topological polar surface area (TPSA) is 105 Å². The Morgan fingerprint density at radius 1 is 0.745 bits per heavy atom. The number of fused-ring (bicyclic) bond motifs is 3. The van der Waals surface area contributed by atoms with Crippen LogP contribution in [0.25, 0.3) is 0 Å². The fourth-order valence-corrected chi connectivity index (χ4v) is 10.4. The van der Waals surface area contributed by atoms with Gasteiger partial charge in [-0.05, 0) is 101 Å². The standard InChI is InChI=1S/C45H45N5O5/c51-36-14-16-38-31(20-36)11-15-37(29-5-2-1-3-6-29)43(38)30-9-12-35(13-10-30)48-27-45(28-48)17-18-47(26-45)42(54)25-46-22-32-19-34-24-49(44(55)39(34)21-33(32)23-46)50-40(52)7-4-8-41(50)53/h1-3,5-6,9-10,12-14,16,19-21,37,43,51H,4,7-8,11,15,17-18,22-28H2/t37-,43+/m1/s1. The quantitative estimate of drug-likeness (QED) is 0.253. The van der Waals surface area contributed by atoms with Crippen LogP contribution < -0.4 is 4.90 Å². The molecule has 3 fully saturated rings. The Hall–Kier alpha value is -5.48. The van der Waals surface area contributed by atoms with Crippen molar-refractivity contribution in [1.82, 2.24) is 19.8 Å². The van der Waals surface area contributed by atoms with E-state index in [0.717, 1.165) is 67.1 Å². The van der Waals surface area contributed by atoms with Crippen molar-refractivity contribution in [2.75, 3.05) is 37.6 Å². The van der Waals surface area contributed by atoms with Crippen molar-refractivity contribution < 1.29 is 24.3 Å². The summed E-state index contributed by atoms with van der Waals surface area (Å²) in [6, 6.07) is 29.7. The number of hydrazine groups is 1. The van der Waals surface area contributed by atoms with E-state index in [-0.39, 0.29) is 54.3 Å². The number of piperidine rings is 1. The minimum Gasteiger partial charge on any atom is -0.508 e. The second-order valence-electron chi connectivity index (χ2n) is 16.7. The van der Waals surface area contributed by atoms with Crippen molar-refractivity contribution in [1.29, 1.82) is 0 Å². The van der Waals surface area contributed by atoms with E-state index in [1.54, 1.807) is 0 Å². The maximum Gasteiger partial charge on any atom is 0.273 e. The lowest BCUT2D eigenvalue weighted by Crippen LogP contribution is -2.58. The summed E-state index contributed by atoms with van der Waals surface area (Å²) in [6.07, 6.45) is 4.07. The number of imide groups is 1.